The number of esters is 1. The maximum absolute atomic E-state index is 11.4. The van der Waals surface area contributed by atoms with Gasteiger partial charge in [0.15, 0.2) is 11.5 Å². The van der Waals surface area contributed by atoms with Gasteiger partial charge >= 0.3 is 5.97 Å². The first-order valence-electron chi connectivity index (χ1n) is 5.11. The van der Waals surface area contributed by atoms with Gasteiger partial charge in [-0.15, -0.1) is 11.6 Å². The largest absolute Gasteiger partial charge is 0.493 e. The predicted octanol–water partition coefficient (Wildman–Crippen LogP) is 2.43. The summed E-state index contributed by atoms with van der Waals surface area (Å²) in [5, 5.41) is 0. The Labute approximate surface area is 104 Å². The van der Waals surface area contributed by atoms with Crippen LogP contribution in [0.15, 0.2) is 18.2 Å². The highest BCUT2D eigenvalue weighted by Crippen LogP contribution is 2.27. The summed E-state index contributed by atoms with van der Waals surface area (Å²) in [6.07, 6.45) is 1.51. The SMILES string of the molecule is COc1cc(C=O)ccc1OC(=O)CCCCl. The highest BCUT2D eigenvalue weighted by molar-refractivity contribution is 6.17. The molecule has 0 heterocycles. The smallest absolute Gasteiger partial charge is 0.311 e. The lowest BCUT2D eigenvalue weighted by Gasteiger charge is -2.09. The second-order valence-corrected chi connectivity index (χ2v) is 3.67. The van der Waals surface area contributed by atoms with E-state index in [0.717, 1.165) is 0 Å². The second-order valence-electron chi connectivity index (χ2n) is 3.29. The third kappa shape index (κ3) is 4.07. The maximum atomic E-state index is 11.4. The van der Waals surface area contributed by atoms with Crippen LogP contribution in [0.1, 0.15) is 23.2 Å². The molecule has 0 amide bonds. The minimum atomic E-state index is -0.372. The van der Waals surface area contributed by atoms with Crippen LogP contribution in [0, 0.1) is 0 Å². The van der Waals surface area contributed by atoms with E-state index in [-0.39, 0.29) is 12.4 Å². The number of hydrogen-bond acceptors (Lipinski definition) is 4. The van der Waals surface area contributed by atoms with Crippen LogP contribution >= 0.6 is 11.6 Å². The predicted molar refractivity (Wildman–Crippen MR) is 64.0 cm³/mol. The Morgan fingerprint density at radius 1 is 1.41 bits per heavy atom. The van der Waals surface area contributed by atoms with E-state index >= 15 is 0 Å². The zero-order chi connectivity index (χ0) is 12.7. The van der Waals surface area contributed by atoms with Crippen molar-refractivity contribution in [2.75, 3.05) is 13.0 Å². The molecule has 0 spiro atoms. The lowest BCUT2D eigenvalue weighted by molar-refractivity contribution is -0.134. The van der Waals surface area contributed by atoms with Gasteiger partial charge in [-0.05, 0) is 24.6 Å². The van der Waals surface area contributed by atoms with Crippen LogP contribution < -0.4 is 9.47 Å². The number of carbonyl (C=O) groups is 2. The Balaban J connectivity index is 2.76. The summed E-state index contributed by atoms with van der Waals surface area (Å²) in [7, 11) is 1.44. The fraction of sp³-hybridized carbons (Fsp3) is 0.333. The van der Waals surface area contributed by atoms with Crippen LogP contribution in [-0.2, 0) is 4.79 Å². The fourth-order valence-corrected chi connectivity index (χ4v) is 1.36. The molecule has 0 aliphatic carbocycles. The standard InChI is InChI=1S/C12H13ClO4/c1-16-11-7-9(8-14)4-5-10(11)17-12(15)3-2-6-13/h4-5,7-8H,2-3,6H2,1H3. The summed E-state index contributed by atoms with van der Waals surface area (Å²) < 4.78 is 10.1. The molecule has 0 unspecified atom stereocenters. The molecule has 0 fully saturated rings. The Hall–Kier alpha value is -1.55. The molecule has 0 aromatic heterocycles. The summed E-state index contributed by atoms with van der Waals surface area (Å²) in [6.45, 7) is 0. The summed E-state index contributed by atoms with van der Waals surface area (Å²) in [6, 6.07) is 4.60. The van der Waals surface area contributed by atoms with Crippen LogP contribution in [-0.4, -0.2) is 25.2 Å². The molecule has 4 nitrogen and oxygen atoms in total. The molecule has 0 radical (unpaired) electrons. The van der Waals surface area contributed by atoms with Crippen LogP contribution in [0.3, 0.4) is 0 Å². The molecule has 1 aromatic carbocycles. The van der Waals surface area contributed by atoms with Crippen molar-refractivity contribution in [2.24, 2.45) is 0 Å². The minimum Gasteiger partial charge on any atom is -0.493 e. The normalized spacial score (nSPS) is 9.76. The van der Waals surface area contributed by atoms with Crippen molar-refractivity contribution >= 4 is 23.9 Å². The summed E-state index contributed by atoms with van der Waals surface area (Å²) in [5.41, 5.74) is 0.461. The Morgan fingerprint density at radius 2 is 2.18 bits per heavy atom. The molecule has 0 aliphatic heterocycles. The number of rotatable bonds is 6. The van der Waals surface area contributed by atoms with Crippen molar-refractivity contribution in [2.45, 2.75) is 12.8 Å². The molecule has 0 atom stereocenters. The molecule has 1 aromatic rings. The number of ether oxygens (including phenoxy) is 2. The Bertz CT molecular complexity index is 403. The molecule has 1 rings (SSSR count). The van der Waals surface area contributed by atoms with Gasteiger partial charge in [0.2, 0.25) is 0 Å². The molecule has 5 heteroatoms. The van der Waals surface area contributed by atoms with Crippen molar-refractivity contribution in [1.29, 1.82) is 0 Å². The van der Waals surface area contributed by atoms with Crippen molar-refractivity contribution in [3.8, 4) is 11.5 Å². The maximum Gasteiger partial charge on any atom is 0.311 e. The second kappa shape index (κ2) is 6.91. The fourth-order valence-electron chi connectivity index (χ4n) is 1.23. The van der Waals surface area contributed by atoms with Crippen LogP contribution in [0.5, 0.6) is 11.5 Å². The summed E-state index contributed by atoms with van der Waals surface area (Å²) in [5.74, 6) is 0.699. The summed E-state index contributed by atoms with van der Waals surface area (Å²) in [4.78, 5) is 22.0. The number of halogens is 1. The molecule has 17 heavy (non-hydrogen) atoms. The van der Waals surface area contributed by atoms with Crippen molar-refractivity contribution < 1.29 is 19.1 Å². The third-order valence-electron chi connectivity index (χ3n) is 2.06. The van der Waals surface area contributed by atoms with Gasteiger partial charge in [-0.2, -0.15) is 0 Å². The van der Waals surface area contributed by atoms with Crippen molar-refractivity contribution in [3.63, 3.8) is 0 Å². The Morgan fingerprint density at radius 3 is 2.76 bits per heavy atom. The average molecular weight is 257 g/mol. The molecular formula is C12H13ClO4. The lowest BCUT2D eigenvalue weighted by atomic mass is 10.2. The highest BCUT2D eigenvalue weighted by Gasteiger charge is 2.10. The first kappa shape index (κ1) is 13.5. The molecule has 0 saturated heterocycles. The van der Waals surface area contributed by atoms with Gasteiger partial charge < -0.3 is 9.47 Å². The molecule has 0 N–H and O–H groups in total. The van der Waals surface area contributed by atoms with Gasteiger partial charge in [-0.3, -0.25) is 9.59 Å². The van der Waals surface area contributed by atoms with Gasteiger partial charge in [-0.1, -0.05) is 0 Å². The van der Waals surface area contributed by atoms with Gasteiger partial charge in [-0.25, -0.2) is 0 Å². The first-order chi connectivity index (χ1) is 8.21. The number of carbonyl (C=O) groups excluding carboxylic acids is 2. The molecule has 92 valence electrons. The minimum absolute atomic E-state index is 0.252. The van der Waals surface area contributed by atoms with Crippen LogP contribution in [0.25, 0.3) is 0 Å². The Kier molecular flexibility index (Phi) is 5.49. The van der Waals surface area contributed by atoms with E-state index < -0.39 is 0 Å². The number of methoxy groups -OCH3 is 1. The van der Waals surface area contributed by atoms with Crippen molar-refractivity contribution in [3.05, 3.63) is 23.8 Å². The monoisotopic (exact) mass is 256 g/mol. The van der Waals surface area contributed by atoms with Crippen molar-refractivity contribution in [1.82, 2.24) is 0 Å². The first-order valence-corrected chi connectivity index (χ1v) is 5.64. The van der Waals surface area contributed by atoms with E-state index in [4.69, 9.17) is 21.1 Å². The van der Waals surface area contributed by atoms with E-state index in [1.54, 1.807) is 6.07 Å². The van der Waals surface area contributed by atoms with Gasteiger partial charge in [0.25, 0.3) is 0 Å². The van der Waals surface area contributed by atoms with Crippen LogP contribution in [0.4, 0.5) is 0 Å². The number of benzene rings is 1. The van der Waals surface area contributed by atoms with E-state index in [1.807, 2.05) is 0 Å². The molecule has 0 aliphatic rings. The van der Waals surface area contributed by atoms with Crippen LogP contribution in [0.2, 0.25) is 0 Å². The number of aldehydes is 1. The van der Waals surface area contributed by atoms with E-state index in [2.05, 4.69) is 0 Å². The molecule has 0 bridgehead atoms. The van der Waals surface area contributed by atoms with Gasteiger partial charge in [0, 0.05) is 17.9 Å². The van der Waals surface area contributed by atoms with E-state index in [9.17, 15) is 9.59 Å². The average Bonchev–Trinajstić information content (AvgIpc) is 2.36. The van der Waals surface area contributed by atoms with E-state index in [0.29, 0.717) is 35.6 Å². The highest BCUT2D eigenvalue weighted by atomic mass is 35.5. The molecular weight excluding hydrogens is 244 g/mol. The van der Waals surface area contributed by atoms with Gasteiger partial charge in [0.05, 0.1) is 7.11 Å². The third-order valence-corrected chi connectivity index (χ3v) is 2.33. The summed E-state index contributed by atoms with van der Waals surface area (Å²) >= 11 is 5.48. The quantitative estimate of drug-likeness (QED) is 0.339. The number of alkyl halides is 1. The number of hydrogen-bond donors (Lipinski definition) is 0. The molecule has 0 saturated carbocycles. The lowest BCUT2D eigenvalue weighted by Crippen LogP contribution is -2.08. The topological polar surface area (TPSA) is 52.6 Å². The van der Waals surface area contributed by atoms with Gasteiger partial charge in [0.1, 0.15) is 6.29 Å². The zero-order valence-electron chi connectivity index (χ0n) is 9.44. The van der Waals surface area contributed by atoms with E-state index in [1.165, 1.54) is 19.2 Å². The zero-order valence-corrected chi connectivity index (χ0v) is 10.2.